The molecule has 124 heavy (non-hydrogen) atoms. The molecule has 8 aromatic rings. The fourth-order valence-electron chi connectivity index (χ4n) is 14.5. The zero-order valence-electron chi connectivity index (χ0n) is 82.5. The van der Waals surface area contributed by atoms with Gasteiger partial charge in [-0.25, -0.2) is 28.0 Å². The summed E-state index contributed by atoms with van der Waals surface area (Å²) in [6.45, 7) is 59.6. The number of hydrogen-bond acceptors (Lipinski definition) is 10. The summed E-state index contributed by atoms with van der Waals surface area (Å²) in [6, 6.07) is 56.8. The average Bonchev–Trinajstić information content (AvgIpc) is 1.23. The smallest absolute Gasteiger partial charge is 0.872 e. The fourth-order valence-corrected chi connectivity index (χ4v) is 18.8. The van der Waals surface area contributed by atoms with Crippen molar-refractivity contribution in [3.8, 4) is 23.0 Å². The van der Waals surface area contributed by atoms with Gasteiger partial charge in [-0.1, -0.05) is 336 Å². The Hall–Kier alpha value is -4.34. The first-order chi connectivity index (χ1) is 55.9. The van der Waals surface area contributed by atoms with Gasteiger partial charge in [0.1, 0.15) is 0 Å². The van der Waals surface area contributed by atoms with Crippen molar-refractivity contribution in [2.75, 3.05) is 124 Å². The Morgan fingerprint density at radius 2 is 0.419 bits per heavy atom. The van der Waals surface area contributed by atoms with Gasteiger partial charge in [-0.3, -0.25) is 28.7 Å². The van der Waals surface area contributed by atoms with Crippen molar-refractivity contribution < 1.29 is 123 Å². The minimum Gasteiger partial charge on any atom is -0.872 e. The Labute approximate surface area is 830 Å². The van der Waals surface area contributed by atoms with Crippen molar-refractivity contribution >= 4 is 37.9 Å². The molecule has 2 radical (unpaired) electrons. The zero-order chi connectivity index (χ0) is 92.6. The predicted octanol–water partition coefficient (Wildman–Crippen LogP) is 22.2. The first-order valence-corrected chi connectivity index (χ1v) is 46.2. The van der Waals surface area contributed by atoms with E-state index < -0.39 is 15.2 Å². The molecule has 10 rings (SSSR count). The summed E-state index contributed by atoms with van der Waals surface area (Å²) in [5, 5.41) is 62.8. The third-order valence-corrected chi connectivity index (χ3v) is 28.1. The molecule has 0 atom stereocenters. The van der Waals surface area contributed by atoms with E-state index >= 15 is 0 Å². The first-order valence-electron chi connectivity index (χ1n) is 43.1. The SMILES string of the molecule is CC(C)(C)c1cc(CN2CCN(Cc3cc(C(C)(C)C)cc(C(C)(C)C)c3[O-])C2)c([O-])c(C(C)(C)C)c1.CC(C)(C)c1cc(CN2CCN(Cc3cc(C(C)(C)C)cc(C(C)(C)C)c3[O-])C2)c([O-])c(C(C)(C)C)c1.CN(C)P(=O)(N(C)C)N(C)C.CN(C)P(=O)(N(C)C)N(C)C.[Yb+3].[Yb+3].c1ccc([N-]c2ccccc2)cc1.c1ccc([N-]c2ccccc2)cc1. The number of benzene rings is 8. The largest absolute Gasteiger partial charge is 3.00 e. The minimum absolute atomic E-state index is 0. The van der Waals surface area contributed by atoms with E-state index in [0.717, 1.165) is 107 Å². The molecule has 2 aliphatic heterocycles. The summed E-state index contributed by atoms with van der Waals surface area (Å²) >= 11 is 0. The van der Waals surface area contributed by atoms with Gasteiger partial charge in [-0.05, 0) is 195 Å². The van der Waals surface area contributed by atoms with E-state index in [2.05, 4.69) is 245 Å². The predicted molar refractivity (Wildman–Crippen MR) is 513 cm³/mol. The third-order valence-electron chi connectivity index (χ3n) is 21.9. The summed E-state index contributed by atoms with van der Waals surface area (Å²) in [5.74, 6) is 0.698. The number of rotatable bonds is 18. The van der Waals surface area contributed by atoms with Crippen LogP contribution in [0.25, 0.3) is 10.6 Å². The molecule has 0 saturated carbocycles. The van der Waals surface area contributed by atoms with Crippen LogP contribution in [-0.2, 0) is 78.6 Å². The van der Waals surface area contributed by atoms with Crippen LogP contribution in [0, 0.1) is 93.8 Å². The van der Waals surface area contributed by atoms with E-state index in [-0.39, 0.29) is 160 Å². The fraction of sp³-hybridized carbons (Fsp3) is 0.529. The zero-order valence-corrected chi connectivity index (χ0v) is 87.7. The van der Waals surface area contributed by atoms with Gasteiger partial charge in [-0.15, -0.1) is 45.7 Å². The molecule has 2 saturated heterocycles. The second-order valence-corrected chi connectivity index (χ2v) is 49.1. The minimum atomic E-state index is -2.44. The van der Waals surface area contributed by atoms with E-state index in [0.29, 0.717) is 26.2 Å². The summed E-state index contributed by atoms with van der Waals surface area (Å²) in [7, 11) is 17.0. The van der Waals surface area contributed by atoms with E-state index in [1.54, 1.807) is 28.0 Å². The second kappa shape index (κ2) is 47.7. The van der Waals surface area contributed by atoms with Crippen molar-refractivity contribution in [2.45, 2.75) is 236 Å². The van der Waals surface area contributed by atoms with Gasteiger partial charge < -0.3 is 31.1 Å². The second-order valence-electron chi connectivity index (χ2n) is 42.2. The molecule has 22 heteroatoms. The van der Waals surface area contributed by atoms with Gasteiger partial charge in [0.25, 0.3) is 15.2 Å². The molecule has 18 nitrogen and oxygen atoms in total. The van der Waals surface area contributed by atoms with Crippen molar-refractivity contribution in [1.29, 1.82) is 0 Å². The average molecular weight is 2050 g/mol. The molecule has 2 aliphatic rings. The molecule has 2 heterocycles. The summed E-state index contributed by atoms with van der Waals surface area (Å²) in [5.41, 5.74) is 15.1. The van der Waals surface area contributed by atoms with Crippen LogP contribution < -0.4 is 20.4 Å². The maximum atomic E-state index is 13.5. The molecule has 0 aliphatic carbocycles. The number of nitrogens with zero attached hydrogens (tertiary/aromatic N) is 12. The van der Waals surface area contributed by atoms with E-state index in [1.165, 1.54) is 22.3 Å². The Kier molecular flexibility index (Phi) is 43.7. The molecule has 0 amide bonds. The van der Waals surface area contributed by atoms with Crippen LogP contribution in [0.2, 0.25) is 0 Å². The van der Waals surface area contributed by atoms with Gasteiger partial charge in [0.2, 0.25) is 0 Å². The van der Waals surface area contributed by atoms with Crippen LogP contribution in [0.1, 0.15) is 233 Å². The maximum Gasteiger partial charge on any atom is 3.00 e. The molecule has 0 spiro atoms. The van der Waals surface area contributed by atoms with Gasteiger partial charge in [0, 0.05) is 52.4 Å². The van der Waals surface area contributed by atoms with Crippen LogP contribution in [0.15, 0.2) is 170 Å². The molecule has 0 unspecified atom stereocenters. The Morgan fingerprint density at radius 1 is 0.266 bits per heavy atom. The number of hydrogen-bond donors (Lipinski definition) is 0. The molecule has 0 aromatic heterocycles. The Bertz CT molecular complexity index is 4080. The molecule has 0 N–H and O–H groups in total. The topological polar surface area (TPSA) is 187 Å². The summed E-state index contributed by atoms with van der Waals surface area (Å²) < 4.78 is 34.6. The summed E-state index contributed by atoms with van der Waals surface area (Å²) in [4.78, 5) is 9.38. The number of para-hydroxylation sites is 4. The van der Waals surface area contributed by atoms with Crippen LogP contribution in [-0.4, -0.2) is 172 Å². The monoisotopic (exact) mass is 2060 g/mol. The van der Waals surface area contributed by atoms with Crippen LogP contribution in [0.3, 0.4) is 0 Å². The Balaban J connectivity index is 0.000000418. The van der Waals surface area contributed by atoms with E-state index in [9.17, 15) is 29.6 Å². The molecule has 698 valence electrons. The molecule has 8 aromatic carbocycles. The van der Waals surface area contributed by atoms with Gasteiger partial charge in [0.15, 0.2) is 0 Å². The quantitative estimate of drug-likeness (QED) is 0.0738. The summed E-state index contributed by atoms with van der Waals surface area (Å²) in [6.07, 6.45) is 0. The van der Waals surface area contributed by atoms with Crippen molar-refractivity contribution in [2.24, 2.45) is 0 Å². The molecule has 0 bridgehead atoms. The van der Waals surface area contributed by atoms with Gasteiger partial charge in [0.05, 0.1) is 13.3 Å². The van der Waals surface area contributed by atoms with E-state index in [4.69, 9.17) is 0 Å². The van der Waals surface area contributed by atoms with Gasteiger partial charge in [-0.2, -0.15) is 0 Å². The molecular formula is C102H156N12O6P2Yb2. The van der Waals surface area contributed by atoms with Crippen LogP contribution in [0.4, 0.5) is 22.7 Å². The normalized spacial score (nSPS) is 14.3. The van der Waals surface area contributed by atoms with Crippen LogP contribution >= 0.6 is 15.2 Å². The van der Waals surface area contributed by atoms with Crippen molar-refractivity contribution in [3.05, 3.63) is 247 Å². The van der Waals surface area contributed by atoms with E-state index in [1.807, 2.05) is 206 Å². The van der Waals surface area contributed by atoms with Crippen molar-refractivity contribution in [1.82, 2.24) is 47.6 Å². The molecular weight excluding hydrogens is 1900 g/mol. The Morgan fingerprint density at radius 3 is 0.540 bits per heavy atom. The first kappa shape index (κ1) is 114. The van der Waals surface area contributed by atoms with Crippen LogP contribution in [0.5, 0.6) is 23.0 Å². The standard InChI is InChI=1S/2C33H52N2O2.2C12H10N.2C6H18N3OP.2Yb/c2*1-30(2,3)24-15-22(28(36)26(17-24)32(7,8)9)19-34-13-14-35(21-34)20-23-16-25(31(4,5)6)18-27(29(23)37)33(10,11)12;2*1-3-7-11(8-4-1)13-12-9-5-2-6-10-12;2*1-7(2)11(10,8(3)4)9(5)6;;/h2*15-18,36-37H,13-14,19-21H2,1-12H3;2*1-10H;2*1-6H3;;/q;;2*-1;;;2*+3/p-4. The molecule has 2 fully saturated rings. The van der Waals surface area contributed by atoms with Gasteiger partial charge >= 0.3 is 93.8 Å². The maximum absolute atomic E-state index is 13.5. The van der Waals surface area contributed by atoms with Crippen molar-refractivity contribution in [3.63, 3.8) is 0 Å². The third kappa shape index (κ3) is 33.8.